The van der Waals surface area contributed by atoms with Gasteiger partial charge in [-0.05, 0) is 55.2 Å². The molecule has 0 bridgehead atoms. The van der Waals surface area contributed by atoms with Gasteiger partial charge in [-0.3, -0.25) is 9.59 Å². The van der Waals surface area contributed by atoms with Crippen molar-refractivity contribution in [1.29, 1.82) is 0 Å². The summed E-state index contributed by atoms with van der Waals surface area (Å²) in [7, 11) is 0. The largest absolute Gasteiger partial charge is 0.450 e. The van der Waals surface area contributed by atoms with E-state index < -0.39 is 6.04 Å². The fraction of sp³-hybridized carbons (Fsp3) is 0.273. The lowest BCUT2D eigenvalue weighted by molar-refractivity contribution is 0.0728. The number of aryl methyl sites for hydroxylation is 2. The van der Waals surface area contributed by atoms with Crippen molar-refractivity contribution in [2.75, 3.05) is 6.54 Å². The minimum atomic E-state index is -0.425. The van der Waals surface area contributed by atoms with Crippen molar-refractivity contribution >= 4 is 32.8 Å². The van der Waals surface area contributed by atoms with Gasteiger partial charge in [-0.2, -0.15) is 0 Å². The van der Waals surface area contributed by atoms with E-state index in [1.54, 1.807) is 4.90 Å². The lowest BCUT2D eigenvalue weighted by Crippen LogP contribution is -2.30. The zero-order chi connectivity index (χ0) is 19.3. The second kappa shape index (κ2) is 6.64. The van der Waals surface area contributed by atoms with Crippen molar-refractivity contribution in [2.24, 2.45) is 0 Å². The van der Waals surface area contributed by atoms with E-state index in [1.165, 1.54) is 0 Å². The van der Waals surface area contributed by atoms with Crippen molar-refractivity contribution in [3.63, 3.8) is 0 Å². The first kappa shape index (κ1) is 18.0. The van der Waals surface area contributed by atoms with Gasteiger partial charge in [0.1, 0.15) is 5.58 Å². The van der Waals surface area contributed by atoms with Crippen LogP contribution in [0.2, 0.25) is 0 Å². The van der Waals surface area contributed by atoms with Crippen molar-refractivity contribution < 1.29 is 9.21 Å². The van der Waals surface area contributed by atoms with E-state index in [2.05, 4.69) is 15.9 Å². The van der Waals surface area contributed by atoms with E-state index in [4.69, 9.17) is 4.42 Å². The maximum Gasteiger partial charge on any atom is 0.290 e. The zero-order valence-corrected chi connectivity index (χ0v) is 17.1. The summed E-state index contributed by atoms with van der Waals surface area (Å²) >= 11 is 3.50. The lowest BCUT2D eigenvalue weighted by atomic mass is 9.97. The summed E-state index contributed by atoms with van der Waals surface area (Å²) < 4.78 is 6.95. The molecule has 4 rings (SSSR count). The molecule has 1 amide bonds. The third kappa shape index (κ3) is 2.81. The van der Waals surface area contributed by atoms with Crippen LogP contribution in [0, 0.1) is 13.8 Å². The minimum absolute atomic E-state index is 0.116. The van der Waals surface area contributed by atoms with Gasteiger partial charge in [-0.25, -0.2) is 0 Å². The third-order valence-corrected chi connectivity index (χ3v) is 5.52. The molecule has 0 saturated carbocycles. The van der Waals surface area contributed by atoms with E-state index in [9.17, 15) is 9.59 Å². The highest BCUT2D eigenvalue weighted by atomic mass is 79.9. The Morgan fingerprint density at radius 2 is 1.93 bits per heavy atom. The Hall–Kier alpha value is -2.40. The topological polar surface area (TPSA) is 50.5 Å². The van der Waals surface area contributed by atoms with Gasteiger partial charge >= 0.3 is 0 Å². The Labute approximate surface area is 165 Å². The van der Waals surface area contributed by atoms with Gasteiger partial charge in [0.05, 0.1) is 17.0 Å². The molecule has 4 nitrogen and oxygen atoms in total. The SMILES string of the molecule is CCCN1C(=O)c2oc3c(C)cc(C)cc3c(=O)c2C1c1cccc(Br)c1. The zero-order valence-electron chi connectivity index (χ0n) is 15.5. The van der Waals surface area contributed by atoms with E-state index in [0.717, 1.165) is 27.6 Å². The van der Waals surface area contributed by atoms with Crippen molar-refractivity contribution in [3.8, 4) is 0 Å². The molecule has 1 aromatic heterocycles. The summed E-state index contributed by atoms with van der Waals surface area (Å²) in [5, 5.41) is 0.539. The number of halogens is 1. The average Bonchev–Trinajstić information content (AvgIpc) is 2.89. The van der Waals surface area contributed by atoms with Crippen LogP contribution in [-0.4, -0.2) is 17.4 Å². The molecular formula is C22H20BrNO3. The highest BCUT2D eigenvalue weighted by molar-refractivity contribution is 9.10. The first-order valence-corrected chi connectivity index (χ1v) is 9.86. The molecule has 138 valence electrons. The number of fused-ring (bicyclic) bond motifs is 2. The van der Waals surface area contributed by atoms with E-state index >= 15 is 0 Å². The normalized spacial score (nSPS) is 16.2. The highest BCUT2D eigenvalue weighted by Crippen LogP contribution is 2.39. The van der Waals surface area contributed by atoms with Gasteiger partial charge in [0.25, 0.3) is 5.91 Å². The number of hydrogen-bond acceptors (Lipinski definition) is 3. The second-order valence-electron chi connectivity index (χ2n) is 7.09. The van der Waals surface area contributed by atoms with Gasteiger partial charge < -0.3 is 9.32 Å². The van der Waals surface area contributed by atoms with Crippen molar-refractivity contribution in [3.05, 3.63) is 79.1 Å². The highest BCUT2D eigenvalue weighted by Gasteiger charge is 2.42. The molecule has 1 aliphatic heterocycles. The Bertz CT molecular complexity index is 1130. The van der Waals surface area contributed by atoms with Crippen LogP contribution >= 0.6 is 15.9 Å². The monoisotopic (exact) mass is 425 g/mol. The molecular weight excluding hydrogens is 406 g/mol. The third-order valence-electron chi connectivity index (χ3n) is 5.03. The molecule has 1 atom stereocenters. The number of carbonyl (C=O) groups is 1. The van der Waals surface area contributed by atoms with E-state index in [-0.39, 0.29) is 17.1 Å². The fourth-order valence-corrected chi connectivity index (χ4v) is 4.39. The molecule has 0 radical (unpaired) electrons. The van der Waals surface area contributed by atoms with Gasteiger partial charge in [-0.1, -0.05) is 41.1 Å². The van der Waals surface area contributed by atoms with Gasteiger partial charge in [-0.15, -0.1) is 0 Å². The maximum atomic E-state index is 13.4. The standard InChI is InChI=1S/C22H20BrNO3/c1-4-8-24-18(14-6-5-7-15(23)11-14)17-19(25)16-10-12(2)9-13(3)20(16)27-21(17)22(24)26/h5-7,9-11,18H,4,8H2,1-3H3. The number of benzene rings is 2. The summed E-state index contributed by atoms with van der Waals surface area (Å²) in [6.07, 6.45) is 0.802. The van der Waals surface area contributed by atoms with Crippen LogP contribution in [0.1, 0.15) is 52.2 Å². The lowest BCUT2D eigenvalue weighted by Gasteiger charge is -2.24. The molecule has 0 aliphatic carbocycles. The van der Waals surface area contributed by atoms with Crippen LogP contribution in [0.15, 0.2) is 50.1 Å². The predicted octanol–water partition coefficient (Wildman–Crippen LogP) is 5.13. The Kier molecular flexibility index (Phi) is 4.42. The molecule has 2 aromatic carbocycles. The first-order chi connectivity index (χ1) is 12.9. The summed E-state index contributed by atoms with van der Waals surface area (Å²) in [6.45, 7) is 6.45. The second-order valence-corrected chi connectivity index (χ2v) is 8.00. The van der Waals surface area contributed by atoms with Crippen LogP contribution < -0.4 is 5.43 Å². The fourth-order valence-electron chi connectivity index (χ4n) is 3.97. The number of amides is 1. The Morgan fingerprint density at radius 1 is 1.15 bits per heavy atom. The summed E-state index contributed by atoms with van der Waals surface area (Å²) in [5.74, 6) is -0.0336. The first-order valence-electron chi connectivity index (χ1n) is 9.06. The van der Waals surface area contributed by atoms with Crippen LogP contribution in [0.3, 0.4) is 0 Å². The summed E-state index contributed by atoms with van der Waals surface area (Å²) in [4.78, 5) is 28.3. The maximum absolute atomic E-state index is 13.4. The minimum Gasteiger partial charge on any atom is -0.450 e. The molecule has 0 fully saturated rings. The quantitative estimate of drug-likeness (QED) is 0.584. The number of nitrogens with zero attached hydrogens (tertiary/aromatic N) is 1. The molecule has 5 heteroatoms. The van der Waals surface area contributed by atoms with Gasteiger partial charge in [0.15, 0.2) is 5.43 Å². The van der Waals surface area contributed by atoms with Crippen LogP contribution in [0.25, 0.3) is 11.0 Å². The molecule has 27 heavy (non-hydrogen) atoms. The number of rotatable bonds is 3. The average molecular weight is 426 g/mol. The molecule has 0 spiro atoms. The van der Waals surface area contributed by atoms with Gasteiger partial charge in [0, 0.05) is 11.0 Å². The summed E-state index contributed by atoms with van der Waals surface area (Å²) in [5.41, 5.74) is 3.61. The van der Waals surface area contributed by atoms with Crippen molar-refractivity contribution in [1.82, 2.24) is 4.90 Å². The Morgan fingerprint density at radius 3 is 2.63 bits per heavy atom. The molecule has 1 unspecified atom stereocenters. The van der Waals surface area contributed by atoms with E-state index in [0.29, 0.717) is 23.1 Å². The smallest absolute Gasteiger partial charge is 0.290 e. The van der Waals surface area contributed by atoms with Crippen LogP contribution in [-0.2, 0) is 0 Å². The van der Waals surface area contributed by atoms with Crippen LogP contribution in [0.4, 0.5) is 0 Å². The molecule has 0 saturated heterocycles. The molecule has 2 heterocycles. The number of hydrogen-bond donors (Lipinski definition) is 0. The predicted molar refractivity (Wildman–Crippen MR) is 109 cm³/mol. The number of carbonyl (C=O) groups excluding carboxylic acids is 1. The summed E-state index contributed by atoms with van der Waals surface area (Å²) in [6, 6.07) is 11.1. The molecule has 1 aliphatic rings. The van der Waals surface area contributed by atoms with E-state index in [1.807, 2.05) is 57.2 Å². The van der Waals surface area contributed by atoms with Gasteiger partial charge in [0.2, 0.25) is 5.76 Å². The molecule has 3 aromatic rings. The Balaban J connectivity index is 2.05. The molecule has 0 N–H and O–H groups in total. The van der Waals surface area contributed by atoms with Crippen LogP contribution in [0.5, 0.6) is 0 Å². The van der Waals surface area contributed by atoms with Crippen molar-refractivity contribution in [2.45, 2.75) is 33.2 Å².